The molecule has 5 unspecified atom stereocenters. The number of phosphoric ester groups is 2. The van der Waals surface area contributed by atoms with Gasteiger partial charge in [-0.3, -0.25) is 37.3 Å². The molecule has 3 N–H and O–H groups in total. The Morgan fingerprint density at radius 3 is 0.783 bits per heavy atom. The maximum atomic E-state index is 13.1. The van der Waals surface area contributed by atoms with Crippen molar-refractivity contribution in [1.29, 1.82) is 0 Å². The zero-order chi connectivity index (χ0) is 77.4. The lowest BCUT2D eigenvalue weighted by atomic mass is 10.1. The first kappa shape index (κ1) is 99.9. The molecule has 0 aromatic heterocycles. The number of esters is 4. The van der Waals surface area contributed by atoms with Gasteiger partial charge in [-0.05, 0) is 173 Å². The second-order valence-corrected chi connectivity index (χ2v) is 28.4. The normalized spacial score (nSPS) is 14.9. The van der Waals surface area contributed by atoms with E-state index < -0.39 is 97.5 Å². The molecule has 0 bridgehead atoms. The Hall–Kier alpha value is -6.10. The van der Waals surface area contributed by atoms with Gasteiger partial charge >= 0.3 is 39.5 Å². The molecule has 598 valence electrons. The van der Waals surface area contributed by atoms with Crippen LogP contribution in [-0.2, 0) is 65.4 Å². The van der Waals surface area contributed by atoms with Crippen molar-refractivity contribution in [3.8, 4) is 0 Å². The number of rotatable bonds is 72. The van der Waals surface area contributed by atoms with Gasteiger partial charge in [0.25, 0.3) is 0 Å². The molecule has 106 heavy (non-hydrogen) atoms. The molecular formula is C87H138O17P2. The molecule has 0 amide bonds. The van der Waals surface area contributed by atoms with E-state index in [0.717, 1.165) is 161 Å². The van der Waals surface area contributed by atoms with E-state index >= 15 is 0 Å². The molecule has 0 aromatic rings. The van der Waals surface area contributed by atoms with Crippen LogP contribution in [0.15, 0.2) is 194 Å². The van der Waals surface area contributed by atoms with Crippen LogP contribution in [0.4, 0.5) is 0 Å². The van der Waals surface area contributed by atoms with Gasteiger partial charge in [0, 0.05) is 25.7 Å². The number of hydrogen-bond acceptors (Lipinski definition) is 15. The lowest BCUT2D eigenvalue weighted by Gasteiger charge is -2.21. The third-order valence-electron chi connectivity index (χ3n) is 15.5. The average molecular weight is 1520 g/mol. The van der Waals surface area contributed by atoms with Gasteiger partial charge in [0.15, 0.2) is 12.2 Å². The molecule has 0 aromatic carbocycles. The number of unbranched alkanes of at least 4 members (excludes halogenated alkanes) is 14. The smallest absolute Gasteiger partial charge is 0.462 e. The van der Waals surface area contributed by atoms with Crippen LogP contribution in [0, 0.1) is 0 Å². The Bertz CT molecular complexity index is 2780. The predicted molar refractivity (Wildman–Crippen MR) is 436 cm³/mol. The molecule has 0 radical (unpaired) electrons. The molecule has 0 aliphatic heterocycles. The molecule has 0 fully saturated rings. The van der Waals surface area contributed by atoms with Crippen molar-refractivity contribution in [3.05, 3.63) is 194 Å². The molecule has 17 nitrogen and oxygen atoms in total. The average Bonchev–Trinajstić information content (AvgIpc) is 0.902. The summed E-state index contributed by atoms with van der Waals surface area (Å²) >= 11 is 0. The number of aliphatic hydroxyl groups excluding tert-OH is 1. The summed E-state index contributed by atoms with van der Waals surface area (Å²) in [6.45, 7) is 4.30. The SMILES string of the molecule is CC/C=C\C/C=C\C/C=C\C/C=C\C/C=C\CCCC(=O)OCC(COP(=O)(O)OCC(O)COP(=O)(O)OCC(COC(=O)CCC/C=C\C/C=C\C/C=C\C/C=C\C/C=C\CC)OC(=O)CCCCCCC/C=C\C/C=C\CCCCC)OC(=O)CCCCCC/C=C\C/C=C\C/C=C\C/C=C\CC. The van der Waals surface area contributed by atoms with Gasteiger partial charge in [-0.15, -0.1) is 0 Å². The van der Waals surface area contributed by atoms with E-state index in [1.54, 1.807) is 0 Å². The van der Waals surface area contributed by atoms with Crippen LogP contribution in [0.3, 0.4) is 0 Å². The van der Waals surface area contributed by atoms with E-state index in [-0.39, 0.29) is 25.7 Å². The summed E-state index contributed by atoms with van der Waals surface area (Å²) < 4.78 is 68.5. The minimum absolute atomic E-state index is 0.0449. The van der Waals surface area contributed by atoms with Gasteiger partial charge in [-0.1, -0.05) is 267 Å². The lowest BCUT2D eigenvalue weighted by Crippen LogP contribution is -2.30. The highest BCUT2D eigenvalue weighted by atomic mass is 31.2. The fourth-order valence-corrected chi connectivity index (χ4v) is 11.2. The largest absolute Gasteiger partial charge is 0.472 e. The summed E-state index contributed by atoms with van der Waals surface area (Å²) in [6.07, 6.45) is 94.2. The fourth-order valence-electron chi connectivity index (χ4n) is 9.60. The predicted octanol–water partition coefficient (Wildman–Crippen LogP) is 23.3. The minimum atomic E-state index is -5.01. The van der Waals surface area contributed by atoms with Crippen molar-refractivity contribution in [2.75, 3.05) is 39.6 Å². The first-order chi connectivity index (χ1) is 51.7. The lowest BCUT2D eigenvalue weighted by molar-refractivity contribution is -0.161. The van der Waals surface area contributed by atoms with Crippen molar-refractivity contribution in [1.82, 2.24) is 0 Å². The van der Waals surface area contributed by atoms with Crippen LogP contribution in [0.1, 0.15) is 272 Å². The van der Waals surface area contributed by atoms with Crippen molar-refractivity contribution in [2.24, 2.45) is 0 Å². The molecule has 0 aliphatic carbocycles. The summed E-state index contributed by atoms with van der Waals surface area (Å²) in [5.41, 5.74) is 0. The summed E-state index contributed by atoms with van der Waals surface area (Å²) in [4.78, 5) is 73.0. The summed E-state index contributed by atoms with van der Waals surface area (Å²) in [6, 6.07) is 0. The third-order valence-corrected chi connectivity index (χ3v) is 17.4. The summed E-state index contributed by atoms with van der Waals surface area (Å²) in [5, 5.41) is 10.6. The van der Waals surface area contributed by atoms with E-state index in [4.69, 9.17) is 37.0 Å². The van der Waals surface area contributed by atoms with E-state index in [9.17, 15) is 43.2 Å². The third kappa shape index (κ3) is 76.1. The second kappa shape index (κ2) is 77.1. The van der Waals surface area contributed by atoms with Crippen molar-refractivity contribution >= 4 is 39.5 Å². The van der Waals surface area contributed by atoms with Gasteiger partial charge in [-0.25, -0.2) is 9.13 Å². The monoisotopic (exact) mass is 1520 g/mol. The molecule has 0 spiro atoms. The summed E-state index contributed by atoms with van der Waals surface area (Å²) in [7, 11) is -10.0. The maximum absolute atomic E-state index is 13.1. The van der Waals surface area contributed by atoms with Crippen molar-refractivity contribution in [3.63, 3.8) is 0 Å². The number of ether oxygens (including phenoxy) is 4. The topological polar surface area (TPSA) is 237 Å². The molecule has 0 rings (SSSR count). The Labute approximate surface area is 640 Å². The zero-order valence-corrected chi connectivity index (χ0v) is 67.1. The van der Waals surface area contributed by atoms with Gasteiger partial charge in [-0.2, -0.15) is 0 Å². The number of phosphoric acid groups is 2. The van der Waals surface area contributed by atoms with E-state index in [0.29, 0.717) is 38.5 Å². The van der Waals surface area contributed by atoms with Crippen molar-refractivity contribution < 1.29 is 80.2 Å². The Balaban J connectivity index is 5.53. The number of allylic oxidation sites excluding steroid dienone is 32. The standard InChI is InChI=1S/C87H138O17P2/c1-5-9-13-17-21-25-29-33-37-40-44-47-51-55-59-63-67-71-84(89)97-77-82(103-86(91)73-69-65-61-57-53-49-43-36-32-28-24-20-16-12-8-4)79-101-105(93,94)99-75-81(88)76-100-106(95,96)102-80-83(104-87(92)74-70-66-62-58-54-50-46-42-39-35-31-27-23-19-15-11-7-3)78-98-85(90)72-68-64-60-56-52-48-45-41-38-34-30-26-22-18-14-10-6-2/h9-11,13-15,21-28,33-39,43-48,50,55-56,59-60,81-83,88H,5-8,12,16-20,29-32,40-42,49,51-54,57-58,61-80H2,1-4H3,(H,93,94)(H,95,96)/b13-9-,14-10-,15-11-,25-21-,26-22-,27-23-,28-24-,37-33-,38-34-,39-35-,43-36-,47-44-,48-45-,50-46-,59-55-,60-56-. The first-order valence-corrected chi connectivity index (χ1v) is 42.7. The highest BCUT2D eigenvalue weighted by molar-refractivity contribution is 7.47. The number of aliphatic hydroxyl groups is 1. The molecule has 0 saturated carbocycles. The van der Waals surface area contributed by atoms with Gasteiger partial charge in [0.1, 0.15) is 19.3 Å². The fraction of sp³-hybridized carbons (Fsp3) is 0.586. The highest BCUT2D eigenvalue weighted by Crippen LogP contribution is 2.45. The molecular weight excluding hydrogens is 1380 g/mol. The summed E-state index contributed by atoms with van der Waals surface area (Å²) in [5.74, 6) is -2.37. The Morgan fingerprint density at radius 2 is 0.500 bits per heavy atom. The van der Waals surface area contributed by atoms with Crippen LogP contribution < -0.4 is 0 Å². The molecule has 5 atom stereocenters. The van der Waals surface area contributed by atoms with Crippen LogP contribution in [-0.4, -0.2) is 96.7 Å². The van der Waals surface area contributed by atoms with Gasteiger partial charge in [0.05, 0.1) is 26.4 Å². The molecule has 19 heteroatoms. The zero-order valence-electron chi connectivity index (χ0n) is 65.3. The first-order valence-electron chi connectivity index (χ1n) is 39.7. The number of carbonyl (C=O) groups is 4. The second-order valence-electron chi connectivity index (χ2n) is 25.5. The van der Waals surface area contributed by atoms with Crippen LogP contribution in [0.5, 0.6) is 0 Å². The van der Waals surface area contributed by atoms with Crippen LogP contribution in [0.2, 0.25) is 0 Å². The molecule has 0 heterocycles. The van der Waals surface area contributed by atoms with Crippen LogP contribution in [0.25, 0.3) is 0 Å². The van der Waals surface area contributed by atoms with Gasteiger partial charge in [0.2, 0.25) is 0 Å². The van der Waals surface area contributed by atoms with E-state index in [2.05, 4.69) is 198 Å². The minimum Gasteiger partial charge on any atom is -0.462 e. The quantitative estimate of drug-likeness (QED) is 0.0169. The Kier molecular flexibility index (Phi) is 72.6. The highest BCUT2D eigenvalue weighted by Gasteiger charge is 2.30. The number of carbonyl (C=O) groups excluding carboxylic acids is 4. The molecule has 0 aliphatic rings. The van der Waals surface area contributed by atoms with E-state index in [1.165, 1.54) is 19.3 Å². The van der Waals surface area contributed by atoms with Gasteiger partial charge < -0.3 is 33.8 Å². The maximum Gasteiger partial charge on any atom is 0.472 e. The Morgan fingerprint density at radius 1 is 0.274 bits per heavy atom. The van der Waals surface area contributed by atoms with E-state index in [1.807, 2.05) is 24.3 Å². The number of hydrogen-bond donors (Lipinski definition) is 3. The van der Waals surface area contributed by atoms with Crippen molar-refractivity contribution in [2.45, 2.75) is 290 Å². The molecule has 0 saturated heterocycles. The van der Waals surface area contributed by atoms with Crippen LogP contribution >= 0.6 is 15.6 Å².